The Bertz CT molecular complexity index is 698. The van der Waals surface area contributed by atoms with E-state index in [1.165, 1.54) is 0 Å². The minimum Gasteiger partial charge on any atom is -0.366 e. The molecule has 0 atom stereocenters. The fraction of sp³-hybridized carbons (Fsp3) is 0.214. The van der Waals surface area contributed by atoms with E-state index in [0.29, 0.717) is 0 Å². The predicted molar refractivity (Wildman–Crippen MR) is 74.9 cm³/mol. The number of aromatic nitrogens is 4. The van der Waals surface area contributed by atoms with Gasteiger partial charge in [-0.05, 0) is 18.2 Å². The number of rotatable bonds is 3. The van der Waals surface area contributed by atoms with E-state index in [9.17, 15) is 0 Å². The molecule has 3 rings (SSSR count). The SMILES string of the molecule is CN(Cc1ccnn1C)c1cncc2cccnc12. The van der Waals surface area contributed by atoms with Crippen molar-refractivity contribution < 1.29 is 0 Å². The highest BCUT2D eigenvalue weighted by molar-refractivity contribution is 5.89. The van der Waals surface area contributed by atoms with Crippen LogP contribution in [-0.4, -0.2) is 26.8 Å². The van der Waals surface area contributed by atoms with Crippen LogP contribution in [0.2, 0.25) is 0 Å². The number of hydrogen-bond acceptors (Lipinski definition) is 4. The molecule has 0 saturated carbocycles. The maximum Gasteiger partial charge on any atom is 0.0966 e. The van der Waals surface area contributed by atoms with Crippen LogP contribution in [0.1, 0.15) is 5.69 Å². The molecular weight excluding hydrogens is 238 g/mol. The molecule has 3 aromatic heterocycles. The second-order valence-corrected chi connectivity index (χ2v) is 4.54. The van der Waals surface area contributed by atoms with Gasteiger partial charge in [0.1, 0.15) is 0 Å². The Morgan fingerprint density at radius 1 is 1.21 bits per heavy atom. The summed E-state index contributed by atoms with van der Waals surface area (Å²) >= 11 is 0. The van der Waals surface area contributed by atoms with Crippen LogP contribution in [0.5, 0.6) is 0 Å². The van der Waals surface area contributed by atoms with Gasteiger partial charge >= 0.3 is 0 Å². The summed E-state index contributed by atoms with van der Waals surface area (Å²) < 4.78 is 1.88. The lowest BCUT2D eigenvalue weighted by molar-refractivity contribution is 0.699. The van der Waals surface area contributed by atoms with Crippen LogP contribution in [0.4, 0.5) is 5.69 Å². The molecule has 0 spiro atoms. The molecule has 96 valence electrons. The average molecular weight is 253 g/mol. The number of aryl methyl sites for hydroxylation is 1. The van der Waals surface area contributed by atoms with Gasteiger partial charge in [0, 0.05) is 38.1 Å². The molecule has 5 heteroatoms. The van der Waals surface area contributed by atoms with Gasteiger partial charge in [0.2, 0.25) is 0 Å². The third-order valence-electron chi connectivity index (χ3n) is 3.22. The largest absolute Gasteiger partial charge is 0.366 e. The molecule has 0 radical (unpaired) electrons. The highest BCUT2D eigenvalue weighted by Gasteiger charge is 2.09. The topological polar surface area (TPSA) is 46.8 Å². The van der Waals surface area contributed by atoms with Gasteiger partial charge < -0.3 is 4.90 Å². The maximum atomic E-state index is 4.45. The second kappa shape index (κ2) is 4.68. The lowest BCUT2D eigenvalue weighted by atomic mass is 10.2. The van der Waals surface area contributed by atoms with Gasteiger partial charge in [0.05, 0.1) is 29.6 Å². The van der Waals surface area contributed by atoms with Crippen molar-refractivity contribution in [3.63, 3.8) is 0 Å². The molecule has 0 aliphatic heterocycles. The van der Waals surface area contributed by atoms with Crippen molar-refractivity contribution in [2.45, 2.75) is 6.54 Å². The molecule has 0 aromatic carbocycles. The molecule has 0 N–H and O–H groups in total. The van der Waals surface area contributed by atoms with E-state index in [1.807, 2.05) is 61.8 Å². The molecule has 5 nitrogen and oxygen atoms in total. The number of fused-ring (bicyclic) bond motifs is 1. The molecule has 0 aliphatic carbocycles. The minimum atomic E-state index is 0.772. The minimum absolute atomic E-state index is 0.772. The standard InChI is InChI=1S/C14H15N5/c1-18(10-12-5-7-17-19(12)2)13-9-15-8-11-4-3-6-16-14(11)13/h3-9H,10H2,1-2H3. The molecule has 0 saturated heterocycles. The summed E-state index contributed by atoms with van der Waals surface area (Å²) in [6, 6.07) is 5.97. The summed E-state index contributed by atoms with van der Waals surface area (Å²) in [5.41, 5.74) is 3.15. The van der Waals surface area contributed by atoms with Crippen LogP contribution in [0.15, 0.2) is 43.0 Å². The Labute approximate surface area is 111 Å². The van der Waals surface area contributed by atoms with E-state index in [4.69, 9.17) is 0 Å². The molecular formula is C14H15N5. The Morgan fingerprint density at radius 2 is 2.11 bits per heavy atom. The summed E-state index contributed by atoms with van der Waals surface area (Å²) in [6.07, 6.45) is 7.31. The van der Waals surface area contributed by atoms with Gasteiger partial charge in [0.25, 0.3) is 0 Å². The van der Waals surface area contributed by atoms with Crippen LogP contribution in [0.3, 0.4) is 0 Å². The Kier molecular flexibility index (Phi) is 2.87. The molecule has 19 heavy (non-hydrogen) atoms. The number of nitrogens with zero attached hydrogens (tertiary/aromatic N) is 5. The van der Waals surface area contributed by atoms with Gasteiger partial charge in [-0.1, -0.05) is 0 Å². The third-order valence-corrected chi connectivity index (χ3v) is 3.22. The quantitative estimate of drug-likeness (QED) is 0.716. The van der Waals surface area contributed by atoms with Crippen molar-refractivity contribution in [3.05, 3.63) is 48.7 Å². The van der Waals surface area contributed by atoms with Crippen molar-refractivity contribution in [1.29, 1.82) is 0 Å². The molecule has 0 aliphatic rings. The lowest BCUT2D eigenvalue weighted by Crippen LogP contribution is -2.19. The van der Waals surface area contributed by atoms with Crippen LogP contribution >= 0.6 is 0 Å². The zero-order chi connectivity index (χ0) is 13.2. The summed E-state index contributed by atoms with van der Waals surface area (Å²) in [6.45, 7) is 0.772. The van der Waals surface area contributed by atoms with Crippen molar-refractivity contribution >= 4 is 16.6 Å². The average Bonchev–Trinajstić information content (AvgIpc) is 2.83. The summed E-state index contributed by atoms with van der Waals surface area (Å²) in [4.78, 5) is 10.9. The Morgan fingerprint density at radius 3 is 2.89 bits per heavy atom. The first-order valence-electron chi connectivity index (χ1n) is 6.12. The van der Waals surface area contributed by atoms with E-state index in [-0.39, 0.29) is 0 Å². The van der Waals surface area contributed by atoms with Crippen molar-refractivity contribution in [3.8, 4) is 0 Å². The normalized spacial score (nSPS) is 10.8. The van der Waals surface area contributed by atoms with E-state index in [1.54, 1.807) is 0 Å². The van der Waals surface area contributed by atoms with Gasteiger partial charge in [-0.15, -0.1) is 0 Å². The Balaban J connectivity index is 1.98. The molecule has 0 fully saturated rings. The van der Waals surface area contributed by atoms with Crippen molar-refractivity contribution in [1.82, 2.24) is 19.7 Å². The predicted octanol–water partition coefficient (Wildman–Crippen LogP) is 2.00. The van der Waals surface area contributed by atoms with Crippen LogP contribution in [0, 0.1) is 0 Å². The monoisotopic (exact) mass is 253 g/mol. The van der Waals surface area contributed by atoms with Gasteiger partial charge in [0.15, 0.2) is 0 Å². The van der Waals surface area contributed by atoms with Gasteiger partial charge in [-0.3, -0.25) is 14.6 Å². The number of pyridine rings is 2. The highest BCUT2D eigenvalue weighted by Crippen LogP contribution is 2.23. The molecule has 3 aromatic rings. The van der Waals surface area contributed by atoms with Crippen molar-refractivity contribution in [2.75, 3.05) is 11.9 Å². The molecule has 0 unspecified atom stereocenters. The van der Waals surface area contributed by atoms with E-state index in [0.717, 1.165) is 28.8 Å². The number of hydrogen-bond donors (Lipinski definition) is 0. The van der Waals surface area contributed by atoms with Crippen LogP contribution in [0.25, 0.3) is 10.9 Å². The smallest absolute Gasteiger partial charge is 0.0966 e. The van der Waals surface area contributed by atoms with E-state index in [2.05, 4.69) is 20.0 Å². The fourth-order valence-electron chi connectivity index (χ4n) is 2.15. The van der Waals surface area contributed by atoms with Crippen molar-refractivity contribution in [2.24, 2.45) is 7.05 Å². The summed E-state index contributed by atoms with van der Waals surface area (Å²) in [7, 11) is 3.99. The van der Waals surface area contributed by atoms with E-state index < -0.39 is 0 Å². The van der Waals surface area contributed by atoms with Crippen LogP contribution in [-0.2, 0) is 13.6 Å². The fourth-order valence-corrected chi connectivity index (χ4v) is 2.15. The molecule has 3 heterocycles. The number of anilines is 1. The first-order valence-corrected chi connectivity index (χ1v) is 6.12. The zero-order valence-corrected chi connectivity index (χ0v) is 11.0. The molecule has 0 amide bonds. The van der Waals surface area contributed by atoms with Gasteiger partial charge in [-0.25, -0.2) is 0 Å². The second-order valence-electron chi connectivity index (χ2n) is 4.54. The highest BCUT2D eigenvalue weighted by atomic mass is 15.3. The summed E-state index contributed by atoms with van der Waals surface area (Å²) in [5.74, 6) is 0. The first-order chi connectivity index (χ1) is 9.25. The maximum absolute atomic E-state index is 4.45. The van der Waals surface area contributed by atoms with Crippen LogP contribution < -0.4 is 4.90 Å². The lowest BCUT2D eigenvalue weighted by Gasteiger charge is -2.20. The van der Waals surface area contributed by atoms with E-state index >= 15 is 0 Å². The summed E-state index contributed by atoms with van der Waals surface area (Å²) in [5, 5.41) is 5.24. The third kappa shape index (κ3) is 2.14. The zero-order valence-electron chi connectivity index (χ0n) is 11.0. The van der Waals surface area contributed by atoms with Gasteiger partial charge in [-0.2, -0.15) is 5.10 Å². The Hall–Kier alpha value is -2.43. The first kappa shape index (κ1) is 11.6. The molecule has 0 bridgehead atoms.